The van der Waals surface area contributed by atoms with Gasteiger partial charge in [-0.15, -0.1) is 23.7 Å². The maximum absolute atomic E-state index is 6.19. The summed E-state index contributed by atoms with van der Waals surface area (Å²) in [4.78, 5) is 7.10. The van der Waals surface area contributed by atoms with Crippen LogP contribution in [0.25, 0.3) is 0 Å². The molecule has 0 amide bonds. The van der Waals surface area contributed by atoms with Gasteiger partial charge in [-0.05, 0) is 18.1 Å². The summed E-state index contributed by atoms with van der Waals surface area (Å²) in [5, 5.41) is 3.40. The Morgan fingerprint density at radius 3 is 2.86 bits per heavy atom. The fourth-order valence-corrected chi connectivity index (χ4v) is 3.55. The Bertz CT molecular complexity index is 597. The number of nitrogens with zero attached hydrogens (tertiary/aromatic N) is 2. The van der Waals surface area contributed by atoms with Crippen molar-refractivity contribution in [1.82, 2.24) is 4.98 Å². The molecule has 2 heterocycles. The zero-order chi connectivity index (χ0) is 14.1. The number of para-hydroxylation sites is 1. The Morgan fingerprint density at radius 1 is 1.38 bits per heavy atom. The summed E-state index contributed by atoms with van der Waals surface area (Å²) in [6.07, 6.45) is 0.973. The SMILES string of the molecule is CC(C)c1nc(CN2CC(N)Cc3ccccc32)cs1.Cl. The highest BCUT2D eigenvalue weighted by molar-refractivity contribution is 7.09. The summed E-state index contributed by atoms with van der Waals surface area (Å²) < 4.78 is 0. The van der Waals surface area contributed by atoms with Crippen LogP contribution < -0.4 is 10.6 Å². The monoisotopic (exact) mass is 323 g/mol. The van der Waals surface area contributed by atoms with Crippen molar-refractivity contribution in [3.05, 3.63) is 45.9 Å². The van der Waals surface area contributed by atoms with Gasteiger partial charge in [-0.3, -0.25) is 0 Å². The van der Waals surface area contributed by atoms with Crippen molar-refractivity contribution in [3.63, 3.8) is 0 Å². The van der Waals surface area contributed by atoms with Crippen LogP contribution >= 0.6 is 23.7 Å². The van der Waals surface area contributed by atoms with Crippen LogP contribution in [-0.4, -0.2) is 17.6 Å². The predicted octanol–water partition coefficient (Wildman–Crippen LogP) is 3.58. The normalized spacial score (nSPS) is 17.5. The largest absolute Gasteiger partial charge is 0.364 e. The van der Waals surface area contributed by atoms with Crippen molar-refractivity contribution in [2.24, 2.45) is 5.73 Å². The first-order valence-electron chi connectivity index (χ1n) is 7.16. The minimum Gasteiger partial charge on any atom is -0.364 e. The number of rotatable bonds is 3. The molecule has 0 fully saturated rings. The number of nitrogens with two attached hydrogens (primary N) is 1. The number of thiazole rings is 1. The van der Waals surface area contributed by atoms with Gasteiger partial charge in [-0.2, -0.15) is 0 Å². The fraction of sp³-hybridized carbons (Fsp3) is 0.438. The number of hydrogen-bond acceptors (Lipinski definition) is 4. The summed E-state index contributed by atoms with van der Waals surface area (Å²) in [5.74, 6) is 0.504. The van der Waals surface area contributed by atoms with E-state index in [4.69, 9.17) is 10.7 Å². The van der Waals surface area contributed by atoms with Gasteiger partial charge in [0.15, 0.2) is 0 Å². The van der Waals surface area contributed by atoms with E-state index in [-0.39, 0.29) is 18.4 Å². The van der Waals surface area contributed by atoms with Crippen molar-refractivity contribution in [3.8, 4) is 0 Å². The quantitative estimate of drug-likeness (QED) is 0.938. The average molecular weight is 324 g/mol. The third kappa shape index (κ3) is 3.57. The van der Waals surface area contributed by atoms with E-state index in [1.54, 1.807) is 11.3 Å². The van der Waals surface area contributed by atoms with Crippen molar-refractivity contribution in [2.45, 2.75) is 38.8 Å². The number of aromatic nitrogens is 1. The van der Waals surface area contributed by atoms with Crippen LogP contribution in [0.4, 0.5) is 5.69 Å². The summed E-state index contributed by atoms with van der Waals surface area (Å²) in [6.45, 7) is 6.14. The molecule has 1 atom stereocenters. The molecule has 1 unspecified atom stereocenters. The maximum Gasteiger partial charge on any atom is 0.0954 e. The van der Waals surface area contributed by atoms with E-state index in [0.717, 1.165) is 25.2 Å². The Labute approximate surface area is 136 Å². The highest BCUT2D eigenvalue weighted by Gasteiger charge is 2.22. The number of hydrogen-bond donors (Lipinski definition) is 1. The lowest BCUT2D eigenvalue weighted by Crippen LogP contribution is -2.42. The molecule has 0 spiro atoms. The lowest BCUT2D eigenvalue weighted by atomic mass is 9.98. The zero-order valence-corrected chi connectivity index (χ0v) is 14.1. The lowest BCUT2D eigenvalue weighted by Gasteiger charge is -2.34. The Morgan fingerprint density at radius 2 is 2.14 bits per heavy atom. The molecule has 0 aliphatic carbocycles. The molecule has 0 saturated heterocycles. The van der Waals surface area contributed by atoms with Gasteiger partial charge in [0.1, 0.15) is 0 Å². The van der Waals surface area contributed by atoms with Crippen molar-refractivity contribution in [1.29, 1.82) is 0 Å². The molecule has 1 aromatic heterocycles. The van der Waals surface area contributed by atoms with Crippen molar-refractivity contribution in [2.75, 3.05) is 11.4 Å². The molecule has 0 saturated carbocycles. The summed E-state index contributed by atoms with van der Waals surface area (Å²) in [7, 11) is 0. The maximum atomic E-state index is 6.19. The van der Waals surface area contributed by atoms with E-state index in [1.165, 1.54) is 16.3 Å². The molecule has 2 N–H and O–H groups in total. The van der Waals surface area contributed by atoms with E-state index < -0.39 is 0 Å². The first kappa shape index (κ1) is 16.3. The number of fused-ring (bicyclic) bond motifs is 1. The van der Waals surface area contributed by atoms with Crippen LogP contribution in [0.5, 0.6) is 0 Å². The smallest absolute Gasteiger partial charge is 0.0954 e. The molecule has 0 radical (unpaired) electrons. The van der Waals surface area contributed by atoms with Gasteiger partial charge in [0.05, 0.1) is 17.2 Å². The molecule has 1 aliphatic heterocycles. The molecule has 3 nitrogen and oxygen atoms in total. The van der Waals surface area contributed by atoms with Crippen molar-refractivity contribution < 1.29 is 0 Å². The molecule has 2 aromatic rings. The lowest BCUT2D eigenvalue weighted by molar-refractivity contribution is 0.595. The number of halogens is 1. The van der Waals surface area contributed by atoms with Gasteiger partial charge < -0.3 is 10.6 Å². The predicted molar refractivity (Wildman–Crippen MR) is 92.6 cm³/mol. The van der Waals surface area contributed by atoms with E-state index in [2.05, 4.69) is 48.4 Å². The highest BCUT2D eigenvalue weighted by Crippen LogP contribution is 2.28. The molecule has 1 aliphatic rings. The topological polar surface area (TPSA) is 42.2 Å². The number of anilines is 1. The van der Waals surface area contributed by atoms with Crippen LogP contribution in [0.2, 0.25) is 0 Å². The summed E-state index contributed by atoms with van der Waals surface area (Å²) in [6, 6.07) is 8.78. The van der Waals surface area contributed by atoms with E-state index in [0.29, 0.717) is 5.92 Å². The molecule has 114 valence electrons. The van der Waals surface area contributed by atoms with Gasteiger partial charge in [0.25, 0.3) is 0 Å². The van der Waals surface area contributed by atoms with E-state index >= 15 is 0 Å². The van der Waals surface area contributed by atoms with Gasteiger partial charge in [-0.1, -0.05) is 32.0 Å². The van der Waals surface area contributed by atoms with Crippen LogP contribution in [0.3, 0.4) is 0 Å². The standard InChI is InChI=1S/C16H21N3S.ClH/c1-11(2)16-18-14(10-20-16)9-19-8-13(17)7-12-5-3-4-6-15(12)19;/h3-6,10-11,13H,7-9,17H2,1-2H3;1H. The van der Waals surface area contributed by atoms with Crippen LogP contribution in [-0.2, 0) is 13.0 Å². The second-order valence-corrected chi connectivity index (χ2v) is 6.69. The summed E-state index contributed by atoms with van der Waals surface area (Å²) >= 11 is 1.76. The van der Waals surface area contributed by atoms with Crippen molar-refractivity contribution >= 4 is 29.4 Å². The molecular formula is C16H22ClN3S. The summed E-state index contributed by atoms with van der Waals surface area (Å²) in [5.41, 5.74) is 10.0. The second-order valence-electron chi connectivity index (χ2n) is 5.81. The molecule has 0 bridgehead atoms. The van der Waals surface area contributed by atoms with Gasteiger partial charge in [0, 0.05) is 29.6 Å². The molecule has 5 heteroatoms. The number of benzene rings is 1. The Balaban J connectivity index is 0.00000161. The second kappa shape index (κ2) is 6.77. The first-order chi connectivity index (χ1) is 9.63. The zero-order valence-electron chi connectivity index (χ0n) is 12.5. The third-order valence-electron chi connectivity index (χ3n) is 3.69. The molecule has 1 aromatic carbocycles. The third-order valence-corrected chi connectivity index (χ3v) is 4.88. The van der Waals surface area contributed by atoms with E-state index in [9.17, 15) is 0 Å². The molecule has 3 rings (SSSR count). The van der Waals surface area contributed by atoms with E-state index in [1.807, 2.05) is 0 Å². The minimum absolute atomic E-state index is 0. The van der Waals surface area contributed by atoms with Gasteiger partial charge in [-0.25, -0.2) is 4.98 Å². The molecular weight excluding hydrogens is 302 g/mol. The Kier molecular flexibility index (Phi) is 5.25. The van der Waals surface area contributed by atoms with Gasteiger partial charge >= 0.3 is 0 Å². The van der Waals surface area contributed by atoms with Gasteiger partial charge in [0.2, 0.25) is 0 Å². The van der Waals surface area contributed by atoms with Crippen LogP contribution in [0, 0.1) is 0 Å². The van der Waals surface area contributed by atoms with Crippen LogP contribution in [0.1, 0.15) is 36.0 Å². The van der Waals surface area contributed by atoms with Crippen LogP contribution in [0.15, 0.2) is 29.6 Å². The minimum atomic E-state index is 0. The average Bonchev–Trinajstić information content (AvgIpc) is 2.87. The highest BCUT2D eigenvalue weighted by atomic mass is 35.5. The fourth-order valence-electron chi connectivity index (χ4n) is 2.73. The molecule has 21 heavy (non-hydrogen) atoms. The first-order valence-corrected chi connectivity index (χ1v) is 8.04. The Hall–Kier alpha value is -1.10.